The molecule has 0 saturated heterocycles. The summed E-state index contributed by atoms with van der Waals surface area (Å²) in [5.74, 6) is 0.663. The Morgan fingerprint density at radius 1 is 1.14 bits per heavy atom. The molecule has 0 spiro atoms. The maximum atomic E-state index is 3.80. The van der Waals surface area contributed by atoms with Crippen LogP contribution in [-0.2, 0) is 0 Å². The second-order valence-electron chi connectivity index (χ2n) is 3.73. The topological polar surface area (TPSA) is 0 Å². The van der Waals surface area contributed by atoms with Gasteiger partial charge in [0.25, 0.3) is 0 Å². The molecule has 1 aromatic carbocycles. The van der Waals surface area contributed by atoms with Crippen molar-refractivity contribution in [2.24, 2.45) is 0 Å². The quantitative estimate of drug-likeness (QED) is 0.666. The van der Waals surface area contributed by atoms with Crippen molar-refractivity contribution in [3.8, 4) is 0 Å². The molecule has 0 N–H and O–H groups in total. The average Bonchev–Trinajstić information content (AvgIpc) is 2.21. The van der Waals surface area contributed by atoms with Crippen LogP contribution < -0.4 is 0 Å². The predicted octanol–water partition coefficient (Wildman–Crippen LogP) is 4.74. The van der Waals surface area contributed by atoms with Crippen molar-refractivity contribution < 1.29 is 0 Å². The summed E-state index contributed by atoms with van der Waals surface area (Å²) < 4.78 is 0. The second-order valence-corrected chi connectivity index (χ2v) is 4.91. The molecule has 1 aromatic rings. The lowest BCUT2D eigenvalue weighted by molar-refractivity contribution is 0.593. The monoisotopic (exact) mass is 254 g/mol. The van der Waals surface area contributed by atoms with Crippen LogP contribution in [-0.4, -0.2) is 4.83 Å². The first-order valence-electron chi connectivity index (χ1n) is 5.48. The summed E-state index contributed by atoms with van der Waals surface area (Å²) in [6.45, 7) is 4.51. The van der Waals surface area contributed by atoms with Crippen LogP contribution in [0.15, 0.2) is 30.3 Å². The lowest BCUT2D eigenvalue weighted by atomic mass is 9.91. The van der Waals surface area contributed by atoms with E-state index in [9.17, 15) is 0 Å². The maximum absolute atomic E-state index is 3.80. The largest absolute Gasteiger partial charge is 0.0884 e. The summed E-state index contributed by atoms with van der Waals surface area (Å²) >= 11 is 3.80. The third-order valence-electron chi connectivity index (χ3n) is 2.67. The summed E-state index contributed by atoms with van der Waals surface area (Å²) in [6, 6.07) is 10.8. The van der Waals surface area contributed by atoms with Crippen molar-refractivity contribution in [2.75, 3.05) is 0 Å². The normalized spacial score (nSPS) is 15.1. The molecular weight excluding hydrogens is 236 g/mol. The Labute approximate surface area is 95.9 Å². The molecule has 0 nitrogen and oxygen atoms in total. The van der Waals surface area contributed by atoms with Crippen LogP contribution in [0.2, 0.25) is 0 Å². The summed E-state index contributed by atoms with van der Waals surface area (Å²) in [7, 11) is 0. The minimum atomic E-state index is 0.625. The smallest absolute Gasteiger partial charge is 0.0214 e. The molecule has 0 aliphatic rings. The predicted molar refractivity (Wildman–Crippen MR) is 67.1 cm³/mol. The SMILES string of the molecule is CCCC(Br)C(CC)c1ccccc1. The van der Waals surface area contributed by atoms with Crippen molar-refractivity contribution >= 4 is 15.9 Å². The van der Waals surface area contributed by atoms with Gasteiger partial charge in [-0.15, -0.1) is 0 Å². The summed E-state index contributed by atoms with van der Waals surface area (Å²) in [5, 5.41) is 0. The fraction of sp³-hybridized carbons (Fsp3) is 0.538. The fourth-order valence-corrected chi connectivity index (χ4v) is 3.01. The van der Waals surface area contributed by atoms with E-state index in [1.165, 1.54) is 24.8 Å². The van der Waals surface area contributed by atoms with Crippen LogP contribution in [0.25, 0.3) is 0 Å². The Bertz CT molecular complexity index is 243. The molecule has 78 valence electrons. The van der Waals surface area contributed by atoms with E-state index in [1.807, 2.05) is 0 Å². The van der Waals surface area contributed by atoms with Crippen LogP contribution in [0.4, 0.5) is 0 Å². The Balaban J connectivity index is 2.71. The van der Waals surface area contributed by atoms with Crippen molar-refractivity contribution in [2.45, 2.75) is 43.9 Å². The molecule has 14 heavy (non-hydrogen) atoms. The molecule has 0 aliphatic carbocycles. The molecule has 0 heterocycles. The number of hydrogen-bond donors (Lipinski definition) is 0. The highest BCUT2D eigenvalue weighted by atomic mass is 79.9. The third kappa shape index (κ3) is 3.13. The number of benzene rings is 1. The van der Waals surface area contributed by atoms with Gasteiger partial charge in [0.05, 0.1) is 0 Å². The van der Waals surface area contributed by atoms with Gasteiger partial charge in [0.2, 0.25) is 0 Å². The van der Waals surface area contributed by atoms with E-state index in [1.54, 1.807) is 0 Å². The van der Waals surface area contributed by atoms with E-state index < -0.39 is 0 Å². The van der Waals surface area contributed by atoms with Crippen molar-refractivity contribution in [1.29, 1.82) is 0 Å². The van der Waals surface area contributed by atoms with Gasteiger partial charge in [-0.25, -0.2) is 0 Å². The molecule has 2 atom stereocenters. The molecule has 0 aliphatic heterocycles. The number of rotatable bonds is 5. The van der Waals surface area contributed by atoms with E-state index >= 15 is 0 Å². The highest BCUT2D eigenvalue weighted by Gasteiger charge is 2.17. The molecule has 0 bridgehead atoms. The molecule has 0 aromatic heterocycles. The Morgan fingerprint density at radius 2 is 1.79 bits per heavy atom. The van der Waals surface area contributed by atoms with Gasteiger partial charge in [-0.2, -0.15) is 0 Å². The molecular formula is C13H19Br. The molecule has 0 radical (unpaired) electrons. The zero-order valence-corrected chi connectivity index (χ0v) is 10.6. The number of halogens is 1. The lowest BCUT2D eigenvalue weighted by Crippen LogP contribution is -2.11. The van der Waals surface area contributed by atoms with E-state index in [0.29, 0.717) is 10.7 Å². The van der Waals surface area contributed by atoms with Gasteiger partial charge in [0.15, 0.2) is 0 Å². The van der Waals surface area contributed by atoms with Gasteiger partial charge >= 0.3 is 0 Å². The Morgan fingerprint density at radius 3 is 2.29 bits per heavy atom. The first kappa shape index (κ1) is 11.8. The highest BCUT2D eigenvalue weighted by Crippen LogP contribution is 2.30. The zero-order valence-electron chi connectivity index (χ0n) is 9.04. The first-order chi connectivity index (χ1) is 6.79. The minimum absolute atomic E-state index is 0.625. The number of hydrogen-bond acceptors (Lipinski definition) is 0. The molecule has 1 heteroatoms. The van der Waals surface area contributed by atoms with Crippen LogP contribution in [0.3, 0.4) is 0 Å². The van der Waals surface area contributed by atoms with Gasteiger partial charge in [0.1, 0.15) is 0 Å². The van der Waals surface area contributed by atoms with Crippen LogP contribution in [0.1, 0.15) is 44.6 Å². The van der Waals surface area contributed by atoms with Gasteiger partial charge < -0.3 is 0 Å². The Hall–Kier alpha value is -0.300. The molecule has 0 amide bonds. The van der Waals surface area contributed by atoms with Gasteiger partial charge in [-0.05, 0) is 24.3 Å². The third-order valence-corrected chi connectivity index (χ3v) is 3.76. The lowest BCUT2D eigenvalue weighted by Gasteiger charge is -2.21. The van der Waals surface area contributed by atoms with Crippen LogP contribution in [0, 0.1) is 0 Å². The first-order valence-corrected chi connectivity index (χ1v) is 6.40. The molecule has 1 rings (SSSR count). The second kappa shape index (κ2) is 6.23. The van der Waals surface area contributed by atoms with Crippen molar-refractivity contribution in [3.05, 3.63) is 35.9 Å². The molecule has 0 fully saturated rings. The van der Waals surface area contributed by atoms with Gasteiger partial charge in [-0.3, -0.25) is 0 Å². The molecule has 0 saturated carbocycles. The highest BCUT2D eigenvalue weighted by molar-refractivity contribution is 9.09. The van der Waals surface area contributed by atoms with E-state index in [0.717, 1.165) is 0 Å². The van der Waals surface area contributed by atoms with Crippen LogP contribution >= 0.6 is 15.9 Å². The summed E-state index contributed by atoms with van der Waals surface area (Å²) in [6.07, 6.45) is 3.71. The van der Waals surface area contributed by atoms with E-state index in [2.05, 4.69) is 60.1 Å². The van der Waals surface area contributed by atoms with Crippen molar-refractivity contribution in [3.63, 3.8) is 0 Å². The summed E-state index contributed by atoms with van der Waals surface area (Å²) in [5.41, 5.74) is 1.46. The standard InChI is InChI=1S/C13H19Br/c1-3-8-13(14)12(4-2)11-9-6-5-7-10-11/h5-7,9-10,12-13H,3-4,8H2,1-2H3. The van der Waals surface area contributed by atoms with Crippen molar-refractivity contribution in [1.82, 2.24) is 0 Å². The molecule has 2 unspecified atom stereocenters. The summed E-state index contributed by atoms with van der Waals surface area (Å²) in [4.78, 5) is 0.625. The van der Waals surface area contributed by atoms with Gasteiger partial charge in [-0.1, -0.05) is 66.5 Å². The minimum Gasteiger partial charge on any atom is -0.0884 e. The van der Waals surface area contributed by atoms with Gasteiger partial charge in [0, 0.05) is 4.83 Å². The zero-order chi connectivity index (χ0) is 10.4. The Kier molecular flexibility index (Phi) is 5.24. The van der Waals surface area contributed by atoms with E-state index in [-0.39, 0.29) is 0 Å². The number of alkyl halides is 1. The fourth-order valence-electron chi connectivity index (χ4n) is 1.88. The van der Waals surface area contributed by atoms with E-state index in [4.69, 9.17) is 0 Å². The average molecular weight is 255 g/mol. The maximum Gasteiger partial charge on any atom is 0.0214 e. The van der Waals surface area contributed by atoms with Crippen LogP contribution in [0.5, 0.6) is 0 Å².